The summed E-state index contributed by atoms with van der Waals surface area (Å²) in [4.78, 5) is 4.44. The molecule has 2 aromatic rings. The average molecular weight is 217 g/mol. The predicted octanol–water partition coefficient (Wildman–Crippen LogP) is 3.15. The summed E-state index contributed by atoms with van der Waals surface area (Å²) in [5.41, 5.74) is 6.87. The molecule has 0 aliphatic carbocycles. The van der Waals surface area contributed by atoms with E-state index < -0.39 is 0 Å². The number of hydrogen-bond donors (Lipinski definition) is 1. The molecule has 3 nitrogen and oxygen atoms in total. The van der Waals surface area contributed by atoms with Gasteiger partial charge in [0, 0.05) is 17.1 Å². The Balaban J connectivity index is 2.64. The van der Waals surface area contributed by atoms with Gasteiger partial charge in [0.2, 0.25) is 0 Å². The van der Waals surface area contributed by atoms with Gasteiger partial charge in [0.15, 0.2) is 0 Å². The molecule has 0 aromatic carbocycles. The molecule has 0 aliphatic rings. The number of fused-ring (bicyclic) bond motifs is 1. The van der Waals surface area contributed by atoms with Crippen molar-refractivity contribution in [3.05, 3.63) is 24.4 Å². The zero-order valence-electron chi connectivity index (χ0n) is 10.2. The van der Waals surface area contributed by atoms with Crippen LogP contribution < -0.4 is 5.73 Å². The molecule has 0 saturated heterocycles. The van der Waals surface area contributed by atoms with E-state index in [4.69, 9.17) is 5.73 Å². The van der Waals surface area contributed by atoms with E-state index in [9.17, 15) is 0 Å². The van der Waals surface area contributed by atoms with Crippen molar-refractivity contribution >= 4 is 16.9 Å². The minimum Gasteiger partial charge on any atom is -0.384 e. The first-order chi connectivity index (χ1) is 7.60. The maximum Gasteiger partial charge on any atom is 0.142 e. The van der Waals surface area contributed by atoms with E-state index in [0.717, 1.165) is 23.9 Å². The number of nitrogen functional groups attached to an aromatic ring is 1. The summed E-state index contributed by atoms with van der Waals surface area (Å²) in [5, 5.41) is 1.15. The molecule has 0 atom stereocenters. The van der Waals surface area contributed by atoms with Crippen molar-refractivity contribution in [3.8, 4) is 0 Å². The van der Waals surface area contributed by atoms with Crippen molar-refractivity contribution in [2.24, 2.45) is 0 Å². The highest BCUT2D eigenvalue weighted by molar-refractivity contribution is 5.78. The van der Waals surface area contributed by atoms with Gasteiger partial charge in [-0.15, -0.1) is 0 Å². The monoisotopic (exact) mass is 217 g/mol. The topological polar surface area (TPSA) is 43.8 Å². The maximum atomic E-state index is 5.75. The Hall–Kier alpha value is -1.51. The number of nitrogens with two attached hydrogens (primary N) is 1. The minimum absolute atomic E-state index is 0.128. The van der Waals surface area contributed by atoms with E-state index in [1.165, 1.54) is 0 Å². The number of nitrogens with zero attached hydrogens (tertiary/aromatic N) is 2. The normalized spacial score (nSPS) is 12.2. The molecule has 0 radical (unpaired) electrons. The summed E-state index contributed by atoms with van der Waals surface area (Å²) in [7, 11) is 0. The summed E-state index contributed by atoms with van der Waals surface area (Å²) >= 11 is 0. The molecule has 2 rings (SSSR count). The average Bonchev–Trinajstić information content (AvgIpc) is 2.71. The molecule has 2 heterocycles. The molecule has 0 amide bonds. The van der Waals surface area contributed by atoms with Crippen molar-refractivity contribution in [2.45, 2.75) is 39.2 Å². The number of rotatable bonds is 3. The van der Waals surface area contributed by atoms with E-state index >= 15 is 0 Å². The van der Waals surface area contributed by atoms with Crippen LogP contribution in [0.1, 0.15) is 33.6 Å². The number of hydrogen-bond acceptors (Lipinski definition) is 2. The molecule has 0 saturated carbocycles. The van der Waals surface area contributed by atoms with Gasteiger partial charge >= 0.3 is 0 Å². The zero-order valence-corrected chi connectivity index (χ0v) is 10.2. The van der Waals surface area contributed by atoms with Gasteiger partial charge in [0.05, 0.1) is 0 Å². The quantitative estimate of drug-likeness (QED) is 0.858. The van der Waals surface area contributed by atoms with Crippen LogP contribution in [0.5, 0.6) is 0 Å². The Morgan fingerprint density at radius 2 is 1.94 bits per heavy atom. The summed E-state index contributed by atoms with van der Waals surface area (Å²) < 4.78 is 2.25. The molecule has 2 aromatic heterocycles. The SMILES string of the molecule is CCC(C)(CC)n1ccc2ccc(N)nc21. The lowest BCUT2D eigenvalue weighted by Crippen LogP contribution is -2.27. The highest BCUT2D eigenvalue weighted by atomic mass is 15.1. The summed E-state index contributed by atoms with van der Waals surface area (Å²) in [5.74, 6) is 0.585. The molecule has 0 unspecified atom stereocenters. The Kier molecular flexibility index (Phi) is 2.62. The van der Waals surface area contributed by atoms with Crippen LogP contribution in [0.4, 0.5) is 5.82 Å². The third kappa shape index (κ3) is 1.56. The summed E-state index contributed by atoms with van der Waals surface area (Å²) in [6.45, 7) is 6.68. The molecule has 86 valence electrons. The smallest absolute Gasteiger partial charge is 0.142 e. The molecule has 16 heavy (non-hydrogen) atoms. The van der Waals surface area contributed by atoms with Crippen molar-refractivity contribution in [1.29, 1.82) is 0 Å². The zero-order chi connectivity index (χ0) is 11.8. The third-order valence-corrected chi connectivity index (χ3v) is 3.66. The number of pyridine rings is 1. The van der Waals surface area contributed by atoms with Gasteiger partial charge in [-0.05, 0) is 38.0 Å². The fourth-order valence-electron chi connectivity index (χ4n) is 2.05. The summed E-state index contributed by atoms with van der Waals surface area (Å²) in [6.07, 6.45) is 4.29. The van der Waals surface area contributed by atoms with Gasteiger partial charge in [-0.25, -0.2) is 4.98 Å². The lowest BCUT2D eigenvalue weighted by atomic mass is 9.95. The number of anilines is 1. The van der Waals surface area contributed by atoms with Crippen LogP contribution in [0, 0.1) is 0 Å². The van der Waals surface area contributed by atoms with Crippen LogP contribution in [-0.2, 0) is 5.54 Å². The van der Waals surface area contributed by atoms with E-state index in [2.05, 4.69) is 42.6 Å². The van der Waals surface area contributed by atoms with Crippen molar-refractivity contribution in [3.63, 3.8) is 0 Å². The lowest BCUT2D eigenvalue weighted by molar-refractivity contribution is 0.302. The molecule has 0 bridgehead atoms. The highest BCUT2D eigenvalue weighted by Gasteiger charge is 2.23. The molecule has 0 aliphatic heterocycles. The third-order valence-electron chi connectivity index (χ3n) is 3.66. The second-order valence-corrected chi connectivity index (χ2v) is 4.54. The standard InChI is InChI=1S/C13H19N3/c1-4-13(3,5-2)16-9-8-10-6-7-11(14)15-12(10)16/h6-9H,4-5H2,1-3H3,(H2,14,15). The Bertz CT molecular complexity index is 495. The predicted molar refractivity (Wildman–Crippen MR) is 68.4 cm³/mol. The second-order valence-electron chi connectivity index (χ2n) is 4.54. The van der Waals surface area contributed by atoms with Crippen molar-refractivity contribution in [2.75, 3.05) is 5.73 Å². The van der Waals surface area contributed by atoms with E-state index in [1.54, 1.807) is 0 Å². The largest absolute Gasteiger partial charge is 0.384 e. The Morgan fingerprint density at radius 3 is 2.56 bits per heavy atom. The summed E-state index contributed by atoms with van der Waals surface area (Å²) in [6, 6.07) is 5.98. The van der Waals surface area contributed by atoms with Crippen LogP contribution in [0.2, 0.25) is 0 Å². The molecule has 3 heteroatoms. The van der Waals surface area contributed by atoms with Crippen LogP contribution >= 0.6 is 0 Å². The molecular formula is C13H19N3. The van der Waals surface area contributed by atoms with Gasteiger partial charge in [0.1, 0.15) is 11.5 Å². The van der Waals surface area contributed by atoms with Crippen LogP contribution in [-0.4, -0.2) is 9.55 Å². The van der Waals surface area contributed by atoms with Gasteiger partial charge in [-0.2, -0.15) is 0 Å². The van der Waals surface area contributed by atoms with Gasteiger partial charge in [-0.1, -0.05) is 13.8 Å². The van der Waals surface area contributed by atoms with Gasteiger partial charge in [0.25, 0.3) is 0 Å². The van der Waals surface area contributed by atoms with Gasteiger partial charge in [-0.3, -0.25) is 0 Å². The molecule has 2 N–H and O–H groups in total. The van der Waals surface area contributed by atoms with Crippen LogP contribution in [0.15, 0.2) is 24.4 Å². The van der Waals surface area contributed by atoms with E-state index in [1.807, 2.05) is 12.1 Å². The Labute approximate surface area is 96.3 Å². The number of aromatic nitrogens is 2. The first kappa shape index (κ1) is 11.0. The van der Waals surface area contributed by atoms with Crippen molar-refractivity contribution in [1.82, 2.24) is 9.55 Å². The minimum atomic E-state index is 0.128. The molecule has 0 spiro atoms. The highest BCUT2D eigenvalue weighted by Crippen LogP contribution is 2.29. The fraction of sp³-hybridized carbons (Fsp3) is 0.462. The fourth-order valence-corrected chi connectivity index (χ4v) is 2.05. The van der Waals surface area contributed by atoms with Gasteiger partial charge < -0.3 is 10.3 Å². The first-order valence-corrected chi connectivity index (χ1v) is 5.85. The van der Waals surface area contributed by atoms with E-state index in [0.29, 0.717) is 5.82 Å². The second kappa shape index (κ2) is 3.81. The molecule has 0 fully saturated rings. The van der Waals surface area contributed by atoms with Crippen LogP contribution in [0.3, 0.4) is 0 Å². The molecular weight excluding hydrogens is 198 g/mol. The maximum absolute atomic E-state index is 5.75. The van der Waals surface area contributed by atoms with Crippen LogP contribution in [0.25, 0.3) is 11.0 Å². The first-order valence-electron chi connectivity index (χ1n) is 5.85. The lowest BCUT2D eigenvalue weighted by Gasteiger charge is -2.29. The Morgan fingerprint density at radius 1 is 1.25 bits per heavy atom. The van der Waals surface area contributed by atoms with Crippen molar-refractivity contribution < 1.29 is 0 Å². The van der Waals surface area contributed by atoms with E-state index in [-0.39, 0.29) is 5.54 Å².